The molecule has 0 aromatic heterocycles. The lowest BCUT2D eigenvalue weighted by atomic mass is 9.86. The van der Waals surface area contributed by atoms with Crippen molar-refractivity contribution in [1.29, 1.82) is 0 Å². The number of aromatic hydroxyl groups is 1. The summed E-state index contributed by atoms with van der Waals surface area (Å²) < 4.78 is 0. The fraction of sp³-hybridized carbons (Fsp3) is 0.429. The van der Waals surface area contributed by atoms with Crippen molar-refractivity contribution in [2.24, 2.45) is 0 Å². The Morgan fingerprint density at radius 2 is 1.79 bits per heavy atom. The molecule has 0 radical (unpaired) electrons. The van der Waals surface area contributed by atoms with Crippen molar-refractivity contribution in [2.75, 3.05) is 5.38 Å². The van der Waals surface area contributed by atoms with E-state index in [4.69, 9.17) is 0 Å². The smallest absolute Gasteiger partial charge is 0.119 e. The van der Waals surface area contributed by atoms with Crippen LogP contribution in [-0.4, -0.2) is 20.0 Å². The summed E-state index contributed by atoms with van der Waals surface area (Å²) in [6.07, 6.45) is 2.27. The average Bonchev–Trinajstić information content (AvgIpc) is 2.55. The number of thioether (sulfide) groups is 1. The molecule has 2 aromatic carbocycles. The molecule has 0 saturated heterocycles. The molecule has 3 heteroatoms. The Balaban J connectivity index is 2.08. The van der Waals surface area contributed by atoms with Gasteiger partial charge in [0.05, 0.1) is 9.52 Å². The van der Waals surface area contributed by atoms with Gasteiger partial charge in [0, 0.05) is 10.5 Å². The van der Waals surface area contributed by atoms with Crippen LogP contribution in [0, 0.1) is 0 Å². The van der Waals surface area contributed by atoms with Crippen LogP contribution in [0.25, 0.3) is 0 Å². The van der Waals surface area contributed by atoms with E-state index in [0.717, 1.165) is 18.4 Å². The first kappa shape index (κ1) is 19.1. The van der Waals surface area contributed by atoms with E-state index in [1.165, 1.54) is 15.8 Å². The van der Waals surface area contributed by atoms with Crippen molar-refractivity contribution in [2.45, 2.75) is 57.8 Å². The Kier molecular flexibility index (Phi) is 6.59. The van der Waals surface area contributed by atoms with Crippen LogP contribution in [0.15, 0.2) is 41.3 Å². The molecule has 0 aliphatic carbocycles. The van der Waals surface area contributed by atoms with E-state index in [1.54, 1.807) is 10.8 Å². The fourth-order valence-corrected chi connectivity index (χ4v) is 6.87. The summed E-state index contributed by atoms with van der Waals surface area (Å²) in [4.78, 5) is 1.27. The van der Waals surface area contributed by atoms with E-state index in [2.05, 4.69) is 58.9 Å². The summed E-state index contributed by atoms with van der Waals surface area (Å²) >= 11 is 1.94. The number of hydrogen-bond donors (Lipinski definition) is 1. The molecular formula is C21H30OSSi. The zero-order valence-corrected chi connectivity index (χ0v) is 17.9. The van der Waals surface area contributed by atoms with Gasteiger partial charge < -0.3 is 5.11 Å². The highest BCUT2D eigenvalue weighted by Crippen LogP contribution is 2.33. The molecule has 0 unspecified atom stereocenters. The molecule has 0 saturated carbocycles. The van der Waals surface area contributed by atoms with Crippen molar-refractivity contribution >= 4 is 26.5 Å². The van der Waals surface area contributed by atoms with Crippen LogP contribution < -0.4 is 5.19 Å². The molecule has 0 aliphatic heterocycles. The first-order chi connectivity index (χ1) is 11.4. The third-order valence-corrected chi connectivity index (χ3v) is 7.94. The van der Waals surface area contributed by atoms with Gasteiger partial charge >= 0.3 is 0 Å². The zero-order chi connectivity index (χ0) is 17.7. The number of aryl methyl sites for hydroxylation is 1. The highest BCUT2D eigenvalue weighted by atomic mass is 32.2. The summed E-state index contributed by atoms with van der Waals surface area (Å²) in [5.41, 5.74) is 4.13. The maximum atomic E-state index is 10.1. The maximum Gasteiger partial charge on any atom is 0.119 e. The lowest BCUT2D eigenvalue weighted by Gasteiger charge is -2.21. The van der Waals surface area contributed by atoms with Gasteiger partial charge in [-0.1, -0.05) is 58.0 Å². The summed E-state index contributed by atoms with van der Waals surface area (Å²) in [7, 11) is -0.282. The van der Waals surface area contributed by atoms with Gasteiger partial charge in [0.2, 0.25) is 0 Å². The zero-order valence-electron chi connectivity index (χ0n) is 15.6. The molecule has 1 nitrogen and oxygen atoms in total. The van der Waals surface area contributed by atoms with E-state index in [0.29, 0.717) is 5.75 Å². The van der Waals surface area contributed by atoms with E-state index in [1.807, 2.05) is 23.9 Å². The molecule has 0 atom stereocenters. The maximum absolute atomic E-state index is 10.1. The normalized spacial score (nSPS) is 12.2. The number of hydrogen-bond acceptors (Lipinski definition) is 2. The van der Waals surface area contributed by atoms with Gasteiger partial charge in [0.1, 0.15) is 5.75 Å². The number of phenols is 1. The van der Waals surface area contributed by atoms with Crippen LogP contribution in [0.4, 0.5) is 0 Å². The predicted octanol–water partition coefficient (Wildman–Crippen LogP) is 4.36. The molecule has 24 heavy (non-hydrogen) atoms. The van der Waals surface area contributed by atoms with Gasteiger partial charge in [-0.25, -0.2) is 0 Å². The van der Waals surface area contributed by atoms with Crippen LogP contribution in [0.3, 0.4) is 0 Å². The van der Waals surface area contributed by atoms with Gasteiger partial charge in [-0.15, -0.1) is 11.8 Å². The third-order valence-electron chi connectivity index (χ3n) is 4.52. The summed E-state index contributed by atoms with van der Waals surface area (Å²) in [6, 6.07) is 12.9. The Morgan fingerprint density at radius 1 is 1.04 bits per heavy atom. The molecule has 1 N–H and O–H groups in total. The van der Waals surface area contributed by atoms with Crippen molar-refractivity contribution in [3.05, 3.63) is 53.1 Å². The van der Waals surface area contributed by atoms with Crippen molar-refractivity contribution < 1.29 is 5.11 Å². The third kappa shape index (κ3) is 4.67. The number of benzene rings is 2. The van der Waals surface area contributed by atoms with Crippen LogP contribution >= 0.6 is 11.8 Å². The van der Waals surface area contributed by atoms with Gasteiger partial charge in [-0.3, -0.25) is 0 Å². The van der Waals surface area contributed by atoms with E-state index < -0.39 is 0 Å². The molecule has 130 valence electrons. The Hall–Kier alpha value is -1.19. The largest absolute Gasteiger partial charge is 0.508 e. The minimum atomic E-state index is -0.282. The molecule has 0 heterocycles. The lowest BCUT2D eigenvalue weighted by molar-refractivity contribution is 0.446. The Labute approximate surface area is 153 Å². The lowest BCUT2D eigenvalue weighted by Crippen LogP contribution is -2.22. The van der Waals surface area contributed by atoms with Gasteiger partial charge in [-0.2, -0.15) is 0 Å². The highest BCUT2D eigenvalue weighted by Gasteiger charge is 2.18. The van der Waals surface area contributed by atoms with Crippen LogP contribution in [0.1, 0.15) is 51.3 Å². The average molecular weight is 359 g/mol. The number of phenolic OH excluding ortho intramolecular Hbond substituents is 1. The quantitative estimate of drug-likeness (QED) is 0.611. The van der Waals surface area contributed by atoms with E-state index >= 15 is 0 Å². The summed E-state index contributed by atoms with van der Waals surface area (Å²) in [5.74, 6) is 0.410. The minimum absolute atomic E-state index is 0.0249. The van der Waals surface area contributed by atoms with Crippen molar-refractivity contribution in [1.82, 2.24) is 0 Å². The molecular weight excluding hydrogens is 328 g/mol. The molecule has 0 fully saturated rings. The SMILES string of the molecule is CCc1cccc([SiH2]CSc2ccc(O)c(C(C)(C)C)c2)c1CC. The highest BCUT2D eigenvalue weighted by molar-refractivity contribution is 8.00. The molecule has 0 spiro atoms. The first-order valence-corrected chi connectivity index (χ1v) is 11.6. The summed E-state index contributed by atoms with van der Waals surface area (Å²) in [5, 5.41) is 12.9. The second kappa shape index (κ2) is 8.26. The van der Waals surface area contributed by atoms with Crippen molar-refractivity contribution in [3.8, 4) is 5.75 Å². The summed E-state index contributed by atoms with van der Waals surface area (Å²) in [6.45, 7) is 11.0. The molecule has 0 bridgehead atoms. The Morgan fingerprint density at radius 3 is 2.42 bits per heavy atom. The number of rotatable bonds is 6. The molecule has 2 rings (SSSR count). The van der Waals surface area contributed by atoms with Crippen molar-refractivity contribution in [3.63, 3.8) is 0 Å². The molecule has 0 aliphatic rings. The molecule has 2 aromatic rings. The predicted molar refractivity (Wildman–Crippen MR) is 111 cm³/mol. The second-order valence-corrected chi connectivity index (χ2v) is 10.9. The van der Waals surface area contributed by atoms with Gasteiger partial charge in [-0.05, 0) is 53.0 Å². The van der Waals surface area contributed by atoms with Gasteiger partial charge in [0.15, 0.2) is 0 Å². The van der Waals surface area contributed by atoms with Crippen LogP contribution in [0.5, 0.6) is 5.75 Å². The molecule has 0 amide bonds. The first-order valence-electron chi connectivity index (χ1n) is 8.92. The topological polar surface area (TPSA) is 20.2 Å². The van der Waals surface area contributed by atoms with E-state index in [9.17, 15) is 5.11 Å². The minimum Gasteiger partial charge on any atom is -0.508 e. The van der Waals surface area contributed by atoms with Crippen LogP contribution in [0.2, 0.25) is 0 Å². The second-order valence-electron chi connectivity index (χ2n) is 7.29. The van der Waals surface area contributed by atoms with E-state index in [-0.39, 0.29) is 14.9 Å². The van der Waals surface area contributed by atoms with Gasteiger partial charge in [0.25, 0.3) is 0 Å². The van der Waals surface area contributed by atoms with Crippen LogP contribution in [-0.2, 0) is 18.3 Å². The Bertz CT molecular complexity index is 689. The monoisotopic (exact) mass is 358 g/mol. The fourth-order valence-electron chi connectivity index (χ4n) is 3.19. The standard InChI is InChI=1S/C21H30OSSi/c1-6-15-9-8-10-20(17(15)7-2)24-14-23-16-11-12-19(22)18(13-16)21(3,4)5/h8-13,22H,6-7,14,24H2,1-5H3.